The number of hydrogen-bond acceptors (Lipinski definition) is 6. The lowest BCUT2D eigenvalue weighted by atomic mass is 10.1. The Balaban J connectivity index is 1.92. The third kappa shape index (κ3) is 5.57. The molecule has 0 radical (unpaired) electrons. The molecule has 5 nitrogen and oxygen atoms in total. The first-order chi connectivity index (χ1) is 13.4. The Kier molecular flexibility index (Phi) is 7.12. The number of rotatable bonds is 6. The van der Waals surface area contributed by atoms with Gasteiger partial charge in [0.2, 0.25) is 0 Å². The number of thiol groups is 1. The van der Waals surface area contributed by atoms with Gasteiger partial charge in [-0.3, -0.25) is 0 Å². The second kappa shape index (κ2) is 9.56. The second-order valence-electron chi connectivity index (χ2n) is 7.13. The molecule has 2 unspecified atom stereocenters. The van der Waals surface area contributed by atoms with Crippen molar-refractivity contribution in [3.05, 3.63) is 46.9 Å². The molecule has 9 heteroatoms. The van der Waals surface area contributed by atoms with Gasteiger partial charge in [0.25, 0.3) is 0 Å². The Morgan fingerprint density at radius 3 is 2.43 bits per heavy atom. The highest BCUT2D eigenvalue weighted by molar-refractivity contribution is 7.77. The molecule has 0 amide bonds. The van der Waals surface area contributed by atoms with Crippen LogP contribution in [0.25, 0.3) is 0 Å². The summed E-state index contributed by atoms with van der Waals surface area (Å²) >= 11 is 4.36. The Labute approximate surface area is 168 Å². The number of allylic oxidation sites excluding steroid dienone is 2. The Bertz CT molecular complexity index is 718. The lowest BCUT2D eigenvalue weighted by molar-refractivity contribution is 0.102. The van der Waals surface area contributed by atoms with Gasteiger partial charge in [0.15, 0.2) is 0 Å². The van der Waals surface area contributed by atoms with E-state index in [1.807, 2.05) is 4.31 Å². The van der Waals surface area contributed by atoms with E-state index in [2.05, 4.69) is 22.8 Å². The first kappa shape index (κ1) is 20.9. The van der Waals surface area contributed by atoms with Gasteiger partial charge in [-0.25, -0.2) is 17.5 Å². The van der Waals surface area contributed by atoms with Crippen LogP contribution in [0, 0.1) is 11.6 Å². The topological polar surface area (TPSA) is 54.1 Å². The SMILES string of the molecule is N/N=C\C(=C(/Cc1cc(F)cc(F)c1)OC1CCC(F)C1)N1CCN(S)CC1. The molecule has 1 heterocycles. The highest BCUT2D eigenvalue weighted by Gasteiger charge is 2.28. The number of nitrogens with two attached hydrogens (primary N) is 1. The van der Waals surface area contributed by atoms with Crippen LogP contribution in [0.3, 0.4) is 0 Å². The van der Waals surface area contributed by atoms with Crippen molar-refractivity contribution in [3.63, 3.8) is 0 Å². The molecular weight excluding hydrogens is 389 g/mol. The third-order valence-electron chi connectivity index (χ3n) is 5.00. The molecule has 1 saturated heterocycles. The van der Waals surface area contributed by atoms with Crippen molar-refractivity contribution < 1.29 is 17.9 Å². The van der Waals surface area contributed by atoms with Crippen molar-refractivity contribution in [3.8, 4) is 0 Å². The van der Waals surface area contributed by atoms with Crippen molar-refractivity contribution in [2.24, 2.45) is 10.9 Å². The molecule has 0 spiro atoms. The van der Waals surface area contributed by atoms with Crippen molar-refractivity contribution in [1.29, 1.82) is 0 Å². The van der Waals surface area contributed by atoms with E-state index < -0.39 is 17.8 Å². The highest BCUT2D eigenvalue weighted by Crippen LogP contribution is 2.29. The summed E-state index contributed by atoms with van der Waals surface area (Å²) in [6, 6.07) is 3.36. The van der Waals surface area contributed by atoms with E-state index in [1.54, 1.807) is 0 Å². The fraction of sp³-hybridized carbons (Fsp3) is 0.526. The van der Waals surface area contributed by atoms with Gasteiger partial charge < -0.3 is 15.5 Å². The number of piperazine rings is 1. The van der Waals surface area contributed by atoms with E-state index in [1.165, 1.54) is 18.3 Å². The summed E-state index contributed by atoms with van der Waals surface area (Å²) in [6.45, 7) is 2.79. The molecule has 2 aliphatic rings. The smallest absolute Gasteiger partial charge is 0.126 e. The maximum absolute atomic E-state index is 13.7. The summed E-state index contributed by atoms with van der Waals surface area (Å²) < 4.78 is 49.0. The minimum Gasteiger partial charge on any atom is -0.492 e. The molecule has 2 N–H and O–H groups in total. The molecule has 1 aliphatic carbocycles. The summed E-state index contributed by atoms with van der Waals surface area (Å²) in [5.74, 6) is 4.60. The maximum atomic E-state index is 13.7. The minimum absolute atomic E-state index is 0.157. The molecule has 0 aromatic heterocycles. The average Bonchev–Trinajstić information content (AvgIpc) is 3.04. The highest BCUT2D eigenvalue weighted by atomic mass is 32.1. The number of ether oxygens (including phenoxy) is 1. The molecule has 1 aliphatic heterocycles. The largest absolute Gasteiger partial charge is 0.492 e. The Morgan fingerprint density at radius 2 is 1.86 bits per heavy atom. The van der Waals surface area contributed by atoms with E-state index in [4.69, 9.17) is 10.6 Å². The summed E-state index contributed by atoms with van der Waals surface area (Å²) in [5, 5.41) is 3.66. The zero-order valence-electron chi connectivity index (χ0n) is 15.5. The van der Waals surface area contributed by atoms with Crippen molar-refractivity contribution in [2.45, 2.75) is 38.0 Å². The van der Waals surface area contributed by atoms with E-state index in [9.17, 15) is 13.2 Å². The number of hydrazone groups is 1. The van der Waals surface area contributed by atoms with Crippen LogP contribution in [0.15, 0.2) is 34.8 Å². The minimum atomic E-state index is -0.891. The van der Waals surface area contributed by atoms with E-state index in [-0.39, 0.29) is 12.5 Å². The first-order valence-corrected chi connectivity index (χ1v) is 9.75. The molecule has 1 aromatic carbocycles. The molecule has 1 saturated carbocycles. The van der Waals surface area contributed by atoms with Gasteiger partial charge in [-0.15, -0.1) is 0 Å². The quantitative estimate of drug-likeness (QED) is 0.247. The van der Waals surface area contributed by atoms with Gasteiger partial charge in [0.05, 0.1) is 11.9 Å². The van der Waals surface area contributed by atoms with Gasteiger partial charge >= 0.3 is 0 Å². The lowest BCUT2D eigenvalue weighted by Gasteiger charge is -2.35. The van der Waals surface area contributed by atoms with Crippen molar-refractivity contribution in [2.75, 3.05) is 26.2 Å². The number of hydrogen-bond donors (Lipinski definition) is 2. The fourth-order valence-electron chi connectivity index (χ4n) is 3.62. The monoisotopic (exact) mass is 414 g/mol. The van der Waals surface area contributed by atoms with Crippen LogP contribution in [0.2, 0.25) is 0 Å². The summed E-state index contributed by atoms with van der Waals surface area (Å²) in [4.78, 5) is 2.05. The normalized spacial score (nSPS) is 24.6. The van der Waals surface area contributed by atoms with Crippen LogP contribution < -0.4 is 5.84 Å². The zero-order valence-corrected chi connectivity index (χ0v) is 16.4. The van der Waals surface area contributed by atoms with Crippen LogP contribution in [0.4, 0.5) is 13.2 Å². The average molecular weight is 414 g/mol. The molecule has 1 aromatic rings. The number of halogens is 3. The van der Waals surface area contributed by atoms with Crippen molar-refractivity contribution in [1.82, 2.24) is 9.21 Å². The molecule has 2 fully saturated rings. The van der Waals surface area contributed by atoms with Gasteiger partial charge in [0.1, 0.15) is 29.7 Å². The maximum Gasteiger partial charge on any atom is 0.126 e. The Morgan fingerprint density at radius 1 is 1.18 bits per heavy atom. The number of benzene rings is 1. The van der Waals surface area contributed by atoms with Crippen LogP contribution in [-0.2, 0) is 11.2 Å². The van der Waals surface area contributed by atoms with Gasteiger partial charge in [-0.2, -0.15) is 5.10 Å². The molecular formula is C19H25F3N4OS. The second-order valence-corrected chi connectivity index (χ2v) is 7.70. The van der Waals surface area contributed by atoms with Crippen molar-refractivity contribution >= 4 is 19.0 Å². The first-order valence-electron chi connectivity index (χ1n) is 9.35. The third-order valence-corrected chi connectivity index (χ3v) is 5.40. The molecule has 0 bridgehead atoms. The summed E-state index contributed by atoms with van der Waals surface area (Å²) in [5.41, 5.74) is 1.08. The lowest BCUT2D eigenvalue weighted by Crippen LogP contribution is -2.43. The molecule has 28 heavy (non-hydrogen) atoms. The molecule has 154 valence electrons. The van der Waals surface area contributed by atoms with Gasteiger partial charge in [-0.05, 0) is 30.5 Å². The summed E-state index contributed by atoms with van der Waals surface area (Å²) in [7, 11) is 0. The Hall–Kier alpha value is -1.87. The van der Waals surface area contributed by atoms with Gasteiger partial charge in [-0.1, -0.05) is 12.8 Å². The van der Waals surface area contributed by atoms with Crippen LogP contribution in [0.5, 0.6) is 0 Å². The van der Waals surface area contributed by atoms with Crippen LogP contribution >= 0.6 is 12.8 Å². The van der Waals surface area contributed by atoms with Crippen LogP contribution in [0.1, 0.15) is 24.8 Å². The predicted molar refractivity (Wildman–Crippen MR) is 106 cm³/mol. The van der Waals surface area contributed by atoms with E-state index >= 15 is 0 Å². The van der Waals surface area contributed by atoms with Gasteiger partial charge in [0, 0.05) is 45.1 Å². The summed E-state index contributed by atoms with van der Waals surface area (Å²) in [6.07, 6.45) is 1.82. The molecule has 3 rings (SSSR count). The van der Waals surface area contributed by atoms with Crippen LogP contribution in [-0.4, -0.2) is 53.9 Å². The number of alkyl halides is 1. The van der Waals surface area contributed by atoms with E-state index in [0.717, 1.165) is 19.2 Å². The predicted octanol–water partition coefficient (Wildman–Crippen LogP) is 3.03. The zero-order chi connectivity index (χ0) is 20.1. The van der Waals surface area contributed by atoms with E-state index in [0.29, 0.717) is 49.4 Å². The fourth-order valence-corrected chi connectivity index (χ4v) is 3.80. The number of nitrogens with zero attached hydrogens (tertiary/aromatic N) is 3. The molecule has 2 atom stereocenters. The standard InChI is InChI=1S/C19H25F3N4OS/c20-14-1-2-17(11-14)27-19(9-13-7-15(21)10-16(22)8-13)18(12-24-23)25-3-5-26(28)6-4-25/h7-8,10,12,14,17,28H,1-6,9,11,23H2/b19-18-,24-12-.